The van der Waals surface area contributed by atoms with Gasteiger partial charge in [0.25, 0.3) is 0 Å². The van der Waals surface area contributed by atoms with E-state index in [0.717, 1.165) is 0 Å². The van der Waals surface area contributed by atoms with E-state index in [2.05, 4.69) is 10.6 Å². The van der Waals surface area contributed by atoms with Crippen molar-refractivity contribution in [3.8, 4) is 0 Å². The minimum atomic E-state index is -3.58. The largest absolute Gasteiger partial charge is 0.326 e. The number of nitrogens with zero attached hydrogens (tertiary/aromatic N) is 2. The first-order chi connectivity index (χ1) is 17.0. The molecule has 0 fully saturated rings. The molecule has 0 radical (unpaired) electrons. The van der Waals surface area contributed by atoms with Gasteiger partial charge in [-0.3, -0.25) is 9.59 Å². The van der Waals surface area contributed by atoms with Crippen molar-refractivity contribution >= 4 is 43.2 Å². The lowest BCUT2D eigenvalue weighted by molar-refractivity contribution is -0.121. The second-order valence-electron chi connectivity index (χ2n) is 7.82. The van der Waals surface area contributed by atoms with E-state index in [-0.39, 0.29) is 22.6 Å². The van der Waals surface area contributed by atoms with Crippen LogP contribution in [0.5, 0.6) is 0 Å². The maximum atomic E-state index is 12.5. The van der Waals surface area contributed by atoms with E-state index >= 15 is 0 Å². The summed E-state index contributed by atoms with van der Waals surface area (Å²) in [5, 5.41) is 5.29. The van der Waals surface area contributed by atoms with Gasteiger partial charge in [0.15, 0.2) is 0 Å². The van der Waals surface area contributed by atoms with E-state index in [1.54, 1.807) is 27.7 Å². The predicted molar refractivity (Wildman–Crippen MR) is 140 cm³/mol. The molecule has 36 heavy (non-hydrogen) atoms. The van der Waals surface area contributed by atoms with Gasteiger partial charge >= 0.3 is 0 Å². The van der Waals surface area contributed by atoms with Gasteiger partial charge < -0.3 is 10.6 Å². The highest BCUT2D eigenvalue weighted by Gasteiger charge is 2.22. The number of benzene rings is 2. The lowest BCUT2D eigenvalue weighted by Crippen LogP contribution is -2.30. The summed E-state index contributed by atoms with van der Waals surface area (Å²) in [4.78, 5) is 24.8. The normalized spacial score (nSPS) is 12.1. The van der Waals surface area contributed by atoms with Crippen molar-refractivity contribution in [1.82, 2.24) is 8.61 Å². The predicted octanol–water partition coefficient (Wildman–Crippen LogP) is 3.11. The molecule has 0 aliphatic rings. The molecule has 0 unspecified atom stereocenters. The number of nitrogens with one attached hydrogen (secondary N) is 2. The molecule has 0 atom stereocenters. The Morgan fingerprint density at radius 1 is 0.583 bits per heavy atom. The van der Waals surface area contributed by atoms with Crippen LogP contribution in [0, 0.1) is 0 Å². The molecule has 0 aromatic heterocycles. The number of rotatable bonds is 13. The van der Waals surface area contributed by atoms with Crippen molar-refractivity contribution in [2.45, 2.75) is 50.3 Å². The molecule has 2 aromatic carbocycles. The average Bonchev–Trinajstić information content (AvgIpc) is 2.84. The number of anilines is 2. The van der Waals surface area contributed by atoms with Crippen LogP contribution in [0.3, 0.4) is 0 Å². The zero-order valence-electron chi connectivity index (χ0n) is 21.0. The van der Waals surface area contributed by atoms with Gasteiger partial charge in [0.05, 0.1) is 9.79 Å². The van der Waals surface area contributed by atoms with Crippen LogP contribution in [0.4, 0.5) is 11.4 Å². The second-order valence-corrected chi connectivity index (χ2v) is 11.7. The van der Waals surface area contributed by atoms with Crippen LogP contribution in [0.25, 0.3) is 0 Å². The van der Waals surface area contributed by atoms with Crippen LogP contribution < -0.4 is 10.6 Å². The molecule has 0 aliphatic heterocycles. The Kier molecular flexibility index (Phi) is 10.6. The highest BCUT2D eigenvalue weighted by Crippen LogP contribution is 2.20. The van der Waals surface area contributed by atoms with E-state index in [9.17, 15) is 26.4 Å². The van der Waals surface area contributed by atoms with E-state index in [1.807, 2.05) is 0 Å². The molecule has 12 heteroatoms. The van der Waals surface area contributed by atoms with Gasteiger partial charge in [-0.25, -0.2) is 16.8 Å². The van der Waals surface area contributed by atoms with Crippen molar-refractivity contribution < 1.29 is 26.4 Å². The first-order valence-electron chi connectivity index (χ1n) is 11.8. The second kappa shape index (κ2) is 12.9. The van der Waals surface area contributed by atoms with Crippen LogP contribution in [0.1, 0.15) is 40.5 Å². The maximum Gasteiger partial charge on any atom is 0.243 e. The third kappa shape index (κ3) is 7.36. The molecular formula is C24H34N4O6S2. The van der Waals surface area contributed by atoms with Gasteiger partial charge in [-0.2, -0.15) is 8.61 Å². The quantitative estimate of drug-likeness (QED) is 0.403. The fourth-order valence-corrected chi connectivity index (χ4v) is 6.44. The van der Waals surface area contributed by atoms with Crippen molar-refractivity contribution in [2.24, 2.45) is 0 Å². The smallest absolute Gasteiger partial charge is 0.243 e. The van der Waals surface area contributed by atoms with Crippen LogP contribution in [-0.2, 0) is 29.6 Å². The molecule has 0 saturated heterocycles. The highest BCUT2D eigenvalue weighted by molar-refractivity contribution is 7.89. The summed E-state index contributed by atoms with van der Waals surface area (Å²) < 4.78 is 52.9. The van der Waals surface area contributed by atoms with Crippen molar-refractivity contribution in [1.29, 1.82) is 0 Å². The Morgan fingerprint density at radius 2 is 0.861 bits per heavy atom. The fraction of sp³-hybridized carbons (Fsp3) is 0.417. The van der Waals surface area contributed by atoms with Gasteiger partial charge in [0.2, 0.25) is 31.9 Å². The first-order valence-corrected chi connectivity index (χ1v) is 14.7. The molecule has 0 bridgehead atoms. The summed E-state index contributed by atoms with van der Waals surface area (Å²) in [6, 6.07) is 11.7. The van der Waals surface area contributed by atoms with Gasteiger partial charge in [-0.1, -0.05) is 27.7 Å². The van der Waals surface area contributed by atoms with E-state index < -0.39 is 31.9 Å². The number of amides is 2. The van der Waals surface area contributed by atoms with Crippen LogP contribution in [-0.4, -0.2) is 63.4 Å². The van der Waals surface area contributed by atoms with Crippen LogP contribution in [0.2, 0.25) is 0 Å². The lowest BCUT2D eigenvalue weighted by Gasteiger charge is -2.18. The molecule has 2 amide bonds. The summed E-state index contributed by atoms with van der Waals surface area (Å²) in [5.74, 6) is -0.796. The van der Waals surface area contributed by atoms with E-state index in [0.29, 0.717) is 37.6 Å². The molecule has 0 saturated carbocycles. The van der Waals surface area contributed by atoms with Gasteiger partial charge in [-0.05, 0) is 48.5 Å². The van der Waals surface area contributed by atoms with Gasteiger partial charge in [0.1, 0.15) is 0 Å². The summed E-state index contributed by atoms with van der Waals surface area (Å²) >= 11 is 0. The number of hydrogen-bond donors (Lipinski definition) is 2. The van der Waals surface area contributed by atoms with Crippen LogP contribution >= 0.6 is 0 Å². The maximum absolute atomic E-state index is 12.5. The third-order valence-corrected chi connectivity index (χ3v) is 9.67. The van der Waals surface area contributed by atoms with Crippen molar-refractivity contribution in [3.63, 3.8) is 0 Å². The molecule has 10 nitrogen and oxygen atoms in total. The zero-order valence-corrected chi connectivity index (χ0v) is 22.7. The fourth-order valence-electron chi connectivity index (χ4n) is 3.52. The minimum absolute atomic E-state index is 0.0836. The van der Waals surface area contributed by atoms with E-state index in [1.165, 1.54) is 57.1 Å². The molecule has 2 rings (SSSR count). The average molecular weight is 539 g/mol. The van der Waals surface area contributed by atoms with E-state index in [4.69, 9.17) is 0 Å². The molecule has 2 aromatic rings. The lowest BCUT2D eigenvalue weighted by atomic mass is 10.2. The molecule has 0 heterocycles. The molecule has 0 spiro atoms. The van der Waals surface area contributed by atoms with Gasteiger partial charge in [0, 0.05) is 50.4 Å². The molecule has 198 valence electrons. The standard InChI is InChI=1S/C24H34N4O6S2/c1-5-27(6-2)35(31,32)21-13-9-19(10-14-21)25-23(29)17-18-24(30)26-20-11-15-22(16-12-20)36(33,34)28(7-3)8-4/h9-16H,5-8,17-18H2,1-4H3,(H,25,29)(H,26,30). The Hall–Kier alpha value is -2.80. The van der Waals surface area contributed by atoms with Crippen molar-refractivity contribution in [3.05, 3.63) is 48.5 Å². The van der Waals surface area contributed by atoms with Crippen LogP contribution in [0.15, 0.2) is 58.3 Å². The highest BCUT2D eigenvalue weighted by atomic mass is 32.2. The Labute approximate surface area is 213 Å². The van der Waals surface area contributed by atoms with Crippen molar-refractivity contribution in [2.75, 3.05) is 36.8 Å². The monoisotopic (exact) mass is 538 g/mol. The summed E-state index contributed by atoms with van der Waals surface area (Å²) in [7, 11) is -7.17. The number of hydrogen-bond acceptors (Lipinski definition) is 6. The third-order valence-electron chi connectivity index (χ3n) is 5.54. The minimum Gasteiger partial charge on any atom is -0.326 e. The van der Waals surface area contributed by atoms with Gasteiger partial charge in [-0.15, -0.1) is 0 Å². The number of carbonyl (C=O) groups excluding carboxylic acids is 2. The Morgan fingerprint density at radius 3 is 1.11 bits per heavy atom. The SMILES string of the molecule is CCN(CC)S(=O)(=O)c1ccc(NC(=O)CCC(=O)Nc2ccc(S(=O)(=O)N(CC)CC)cc2)cc1. The Bertz CT molecular complexity index is 1140. The topological polar surface area (TPSA) is 133 Å². The zero-order chi connectivity index (χ0) is 26.9. The summed E-state index contributed by atoms with van der Waals surface area (Å²) in [6.45, 7) is 8.49. The Balaban J connectivity index is 1.90. The first kappa shape index (κ1) is 29.4. The summed E-state index contributed by atoms with van der Waals surface area (Å²) in [5.41, 5.74) is 0.841. The summed E-state index contributed by atoms with van der Waals surface area (Å²) in [6.07, 6.45) is -0.167. The molecule has 2 N–H and O–H groups in total. The molecule has 0 aliphatic carbocycles. The number of carbonyl (C=O) groups is 2. The number of sulfonamides is 2. The molecular weight excluding hydrogens is 504 g/mol.